The monoisotopic (exact) mass is 458 g/mol. The highest BCUT2D eigenvalue weighted by atomic mass is 79.9. The van der Waals surface area contributed by atoms with Crippen molar-refractivity contribution in [2.45, 2.75) is 15.4 Å². The fourth-order valence-electron chi connectivity index (χ4n) is 4.29. The molecule has 0 amide bonds. The normalized spacial score (nSPS) is 13.7. The Bertz CT molecular complexity index is 1140. The van der Waals surface area contributed by atoms with Gasteiger partial charge in [-0.25, -0.2) is 0 Å². The summed E-state index contributed by atoms with van der Waals surface area (Å²) in [6.07, 6.45) is 0. The third kappa shape index (κ3) is 2.96. The van der Waals surface area contributed by atoms with Gasteiger partial charge >= 0.3 is 0 Å². The lowest BCUT2D eigenvalue weighted by atomic mass is 9.84. The molecule has 0 saturated heterocycles. The smallest absolute Gasteiger partial charge is 0.145 e. The van der Waals surface area contributed by atoms with Gasteiger partial charge in [0, 0.05) is 38.1 Å². The minimum absolute atomic E-state index is 0.619. The van der Waals surface area contributed by atoms with Crippen molar-refractivity contribution in [1.82, 2.24) is 0 Å². The fourth-order valence-corrected chi connectivity index (χ4v) is 5.55. The van der Waals surface area contributed by atoms with E-state index in [-0.39, 0.29) is 0 Å². The zero-order valence-corrected chi connectivity index (χ0v) is 18.3. The van der Waals surface area contributed by atoms with Crippen LogP contribution in [0.5, 0.6) is 0 Å². The summed E-state index contributed by atoms with van der Waals surface area (Å²) in [5.41, 5.74) is 5.45. The molecule has 3 heteroatoms. The molecular formula is C26H19BrOS. The van der Waals surface area contributed by atoms with Crippen LogP contribution < -0.4 is 0 Å². The Kier molecular flexibility index (Phi) is 4.83. The first kappa shape index (κ1) is 18.7. The first-order chi connectivity index (χ1) is 14.2. The van der Waals surface area contributed by atoms with Crippen molar-refractivity contribution in [3.63, 3.8) is 0 Å². The SMILES string of the molecule is COC1(c2ccccc2Sc2ccc(Br)cc2)c2ccccc2-c2ccccc21. The molecule has 0 heterocycles. The van der Waals surface area contributed by atoms with Gasteiger partial charge in [0.05, 0.1) is 0 Å². The van der Waals surface area contributed by atoms with Gasteiger partial charge in [-0.2, -0.15) is 0 Å². The standard InChI is InChI=1S/C26H19BrOS/c1-28-26(22-10-4-2-8-20(22)21-9-3-5-11-23(21)26)24-12-6-7-13-25(24)29-19-16-14-18(27)15-17-19/h2-17H,1H3. The number of rotatable bonds is 4. The summed E-state index contributed by atoms with van der Waals surface area (Å²) in [7, 11) is 1.82. The molecule has 29 heavy (non-hydrogen) atoms. The van der Waals surface area contributed by atoms with Crippen LogP contribution in [0.25, 0.3) is 11.1 Å². The van der Waals surface area contributed by atoms with Crippen LogP contribution >= 0.6 is 27.7 Å². The zero-order chi connectivity index (χ0) is 19.8. The Morgan fingerprint density at radius 3 is 1.76 bits per heavy atom. The molecule has 0 unspecified atom stereocenters. The van der Waals surface area contributed by atoms with Gasteiger partial charge in [-0.3, -0.25) is 0 Å². The molecule has 0 saturated carbocycles. The molecule has 0 aliphatic heterocycles. The molecule has 4 aromatic carbocycles. The third-order valence-electron chi connectivity index (χ3n) is 5.52. The Labute approximate surface area is 183 Å². The van der Waals surface area contributed by atoms with Crippen LogP contribution in [0.4, 0.5) is 0 Å². The van der Waals surface area contributed by atoms with Crippen LogP contribution in [0.2, 0.25) is 0 Å². The van der Waals surface area contributed by atoms with E-state index in [1.54, 1.807) is 11.8 Å². The second-order valence-corrected chi connectivity index (χ2v) is 9.06. The number of benzene rings is 4. The highest BCUT2D eigenvalue weighted by molar-refractivity contribution is 9.10. The van der Waals surface area contributed by atoms with Crippen LogP contribution in [0, 0.1) is 0 Å². The Morgan fingerprint density at radius 1 is 0.655 bits per heavy atom. The van der Waals surface area contributed by atoms with Crippen LogP contribution in [0.1, 0.15) is 16.7 Å². The maximum Gasteiger partial charge on any atom is 0.145 e. The van der Waals surface area contributed by atoms with Gasteiger partial charge in [0.1, 0.15) is 5.60 Å². The largest absolute Gasteiger partial charge is 0.364 e. The molecule has 0 atom stereocenters. The molecular weight excluding hydrogens is 440 g/mol. The lowest BCUT2D eigenvalue weighted by molar-refractivity contribution is 0.0602. The Hall–Kier alpha value is -2.33. The van der Waals surface area contributed by atoms with E-state index in [0.717, 1.165) is 4.47 Å². The summed E-state index contributed by atoms with van der Waals surface area (Å²) in [5.74, 6) is 0. The lowest BCUT2D eigenvalue weighted by Gasteiger charge is -2.33. The summed E-state index contributed by atoms with van der Waals surface area (Å²) < 4.78 is 7.50. The predicted molar refractivity (Wildman–Crippen MR) is 123 cm³/mol. The maximum atomic E-state index is 6.41. The third-order valence-corrected chi connectivity index (χ3v) is 7.13. The number of ether oxygens (including phenoxy) is 1. The van der Waals surface area contributed by atoms with E-state index in [4.69, 9.17) is 4.74 Å². The van der Waals surface area contributed by atoms with Crippen molar-refractivity contribution in [3.05, 3.63) is 118 Å². The minimum Gasteiger partial charge on any atom is -0.364 e. The van der Waals surface area contributed by atoms with Crippen LogP contribution in [-0.2, 0) is 10.3 Å². The molecule has 0 N–H and O–H groups in total. The Balaban J connectivity index is 1.74. The molecule has 0 fully saturated rings. The van der Waals surface area contributed by atoms with Gasteiger partial charge in [0.25, 0.3) is 0 Å². The molecule has 1 aliphatic carbocycles. The summed E-state index contributed by atoms with van der Waals surface area (Å²) in [6, 6.07) is 34.2. The van der Waals surface area contributed by atoms with E-state index in [1.165, 1.54) is 37.6 Å². The summed E-state index contributed by atoms with van der Waals surface area (Å²) in [4.78, 5) is 2.40. The molecule has 4 aromatic rings. The fraction of sp³-hybridized carbons (Fsp3) is 0.0769. The van der Waals surface area contributed by atoms with Gasteiger partial charge in [-0.1, -0.05) is 94.4 Å². The molecule has 1 aliphatic rings. The summed E-state index contributed by atoms with van der Waals surface area (Å²) in [5, 5.41) is 0. The van der Waals surface area contributed by atoms with E-state index >= 15 is 0 Å². The van der Waals surface area contributed by atoms with E-state index in [1.807, 2.05) is 7.11 Å². The number of methoxy groups -OCH3 is 1. The van der Waals surface area contributed by atoms with Gasteiger partial charge in [0.15, 0.2) is 0 Å². The molecule has 0 spiro atoms. The van der Waals surface area contributed by atoms with Crippen molar-refractivity contribution >= 4 is 27.7 Å². The van der Waals surface area contributed by atoms with Gasteiger partial charge in [-0.15, -0.1) is 0 Å². The Morgan fingerprint density at radius 2 is 1.17 bits per heavy atom. The van der Waals surface area contributed by atoms with Crippen LogP contribution in [0.3, 0.4) is 0 Å². The van der Waals surface area contributed by atoms with Crippen molar-refractivity contribution in [1.29, 1.82) is 0 Å². The number of fused-ring (bicyclic) bond motifs is 3. The van der Waals surface area contributed by atoms with Crippen LogP contribution in [-0.4, -0.2) is 7.11 Å². The van der Waals surface area contributed by atoms with Gasteiger partial charge in [-0.05, 0) is 41.5 Å². The topological polar surface area (TPSA) is 9.23 Å². The van der Waals surface area contributed by atoms with Crippen molar-refractivity contribution in [3.8, 4) is 11.1 Å². The van der Waals surface area contributed by atoms with E-state index in [9.17, 15) is 0 Å². The highest BCUT2D eigenvalue weighted by Crippen LogP contribution is 2.54. The molecule has 0 radical (unpaired) electrons. The molecule has 0 bridgehead atoms. The molecule has 5 rings (SSSR count). The van der Waals surface area contributed by atoms with E-state index in [0.29, 0.717) is 0 Å². The van der Waals surface area contributed by atoms with Gasteiger partial charge in [0.2, 0.25) is 0 Å². The maximum absolute atomic E-state index is 6.41. The molecule has 1 nitrogen and oxygen atoms in total. The van der Waals surface area contributed by atoms with Crippen molar-refractivity contribution < 1.29 is 4.74 Å². The average Bonchev–Trinajstić information content (AvgIpc) is 3.07. The minimum atomic E-state index is -0.619. The first-order valence-corrected chi connectivity index (χ1v) is 11.1. The zero-order valence-electron chi connectivity index (χ0n) is 15.9. The lowest BCUT2D eigenvalue weighted by Crippen LogP contribution is -2.29. The quantitative estimate of drug-likeness (QED) is 0.312. The summed E-state index contributed by atoms with van der Waals surface area (Å²) in [6.45, 7) is 0. The van der Waals surface area contributed by atoms with E-state index < -0.39 is 5.60 Å². The average molecular weight is 459 g/mol. The first-order valence-electron chi connectivity index (χ1n) is 9.51. The number of hydrogen-bond donors (Lipinski definition) is 0. The second kappa shape index (κ2) is 7.49. The predicted octanol–water partition coefficient (Wildman–Crippen LogP) is 7.52. The summed E-state index contributed by atoms with van der Waals surface area (Å²) >= 11 is 5.30. The van der Waals surface area contributed by atoms with Crippen molar-refractivity contribution in [2.24, 2.45) is 0 Å². The highest BCUT2D eigenvalue weighted by Gasteiger charge is 2.46. The van der Waals surface area contributed by atoms with Gasteiger partial charge < -0.3 is 4.74 Å². The number of halogens is 1. The van der Waals surface area contributed by atoms with Crippen LogP contribution in [0.15, 0.2) is 111 Å². The van der Waals surface area contributed by atoms with E-state index in [2.05, 4.69) is 113 Å². The number of hydrogen-bond acceptors (Lipinski definition) is 2. The molecule has 142 valence electrons. The molecule has 0 aromatic heterocycles. The second-order valence-electron chi connectivity index (χ2n) is 7.03. The van der Waals surface area contributed by atoms with Crippen molar-refractivity contribution in [2.75, 3.05) is 7.11 Å².